The van der Waals surface area contributed by atoms with E-state index in [9.17, 15) is 14.9 Å². The summed E-state index contributed by atoms with van der Waals surface area (Å²) in [5, 5.41) is 15.0. The Morgan fingerprint density at radius 1 is 0.946 bits per heavy atom. The summed E-state index contributed by atoms with van der Waals surface area (Å²) in [5.74, 6) is -0.123. The normalized spacial score (nSPS) is 13.3. The molecule has 0 atom stereocenters. The Balaban J connectivity index is 1.41. The molecule has 1 aliphatic rings. The third kappa shape index (κ3) is 4.77. The number of aryl methyl sites for hydroxylation is 1. The van der Waals surface area contributed by atoms with Gasteiger partial charge in [0.15, 0.2) is 5.82 Å². The Kier molecular flexibility index (Phi) is 6.15. The zero-order valence-electron chi connectivity index (χ0n) is 20.3. The SMILES string of the molecule is CNC(=O)c1cc(-c2nccc(-c3cc(NC(=O)c4ccnc(C5(C#N)CC5)c4)ccc3C)n2)ccn1. The monoisotopic (exact) mass is 489 g/mol. The quantitative estimate of drug-likeness (QED) is 0.417. The first-order chi connectivity index (χ1) is 17.9. The zero-order valence-corrected chi connectivity index (χ0v) is 20.3. The molecule has 4 aromatic rings. The Morgan fingerprint density at radius 2 is 1.73 bits per heavy atom. The van der Waals surface area contributed by atoms with Crippen molar-refractivity contribution in [2.75, 3.05) is 12.4 Å². The van der Waals surface area contributed by atoms with Gasteiger partial charge in [-0.25, -0.2) is 9.97 Å². The fraction of sp³-hybridized carbons (Fsp3) is 0.179. The molecule has 182 valence electrons. The van der Waals surface area contributed by atoms with Crippen molar-refractivity contribution in [1.82, 2.24) is 25.3 Å². The molecule has 9 heteroatoms. The number of aromatic nitrogens is 4. The van der Waals surface area contributed by atoms with E-state index in [-0.39, 0.29) is 17.5 Å². The number of carbonyl (C=O) groups excluding carboxylic acids is 2. The van der Waals surface area contributed by atoms with Crippen LogP contribution in [0, 0.1) is 18.3 Å². The van der Waals surface area contributed by atoms with Gasteiger partial charge in [-0.2, -0.15) is 5.26 Å². The number of pyridine rings is 2. The van der Waals surface area contributed by atoms with Crippen LogP contribution in [0.2, 0.25) is 0 Å². The van der Waals surface area contributed by atoms with E-state index in [0.717, 1.165) is 24.0 Å². The summed E-state index contributed by atoms with van der Waals surface area (Å²) >= 11 is 0. The smallest absolute Gasteiger partial charge is 0.269 e. The van der Waals surface area contributed by atoms with Crippen molar-refractivity contribution in [2.24, 2.45) is 0 Å². The summed E-state index contributed by atoms with van der Waals surface area (Å²) in [7, 11) is 1.55. The fourth-order valence-electron chi connectivity index (χ4n) is 4.03. The minimum absolute atomic E-state index is 0.275. The number of nitriles is 1. The van der Waals surface area contributed by atoms with Gasteiger partial charge in [-0.15, -0.1) is 0 Å². The van der Waals surface area contributed by atoms with Gasteiger partial charge in [0.05, 0.1) is 22.9 Å². The molecule has 2 N–H and O–H groups in total. The number of amides is 2. The van der Waals surface area contributed by atoms with Gasteiger partial charge in [0.2, 0.25) is 0 Å². The summed E-state index contributed by atoms with van der Waals surface area (Å²) in [5.41, 5.74) is 4.54. The van der Waals surface area contributed by atoms with Crippen LogP contribution in [0.4, 0.5) is 5.69 Å². The van der Waals surface area contributed by atoms with Crippen molar-refractivity contribution in [1.29, 1.82) is 5.26 Å². The number of hydrogen-bond donors (Lipinski definition) is 2. The van der Waals surface area contributed by atoms with Gasteiger partial charge in [0.1, 0.15) is 5.69 Å². The van der Waals surface area contributed by atoms with Gasteiger partial charge in [-0.05, 0) is 67.8 Å². The first kappa shape index (κ1) is 23.8. The standard InChI is InChI=1S/C28H23N7O2/c1-17-3-4-20(34-26(36)19-6-11-32-24(14-19)28(16-29)8-9-28)15-21(17)22-7-12-33-25(35-22)18-5-10-31-23(13-18)27(37)30-2/h3-7,10-15H,8-9H2,1-2H3,(H,30,37)(H,34,36). The maximum atomic E-state index is 13.0. The van der Waals surface area contributed by atoms with Crippen LogP contribution in [0.15, 0.2) is 67.1 Å². The van der Waals surface area contributed by atoms with Crippen LogP contribution < -0.4 is 10.6 Å². The molecular formula is C28H23N7O2. The topological polar surface area (TPSA) is 134 Å². The predicted octanol–water partition coefficient (Wildman–Crippen LogP) is 4.08. The molecular weight excluding hydrogens is 466 g/mol. The van der Waals surface area contributed by atoms with Crippen LogP contribution in [0.1, 0.15) is 44.9 Å². The lowest BCUT2D eigenvalue weighted by molar-refractivity contribution is 0.0957. The van der Waals surface area contributed by atoms with Gasteiger partial charge in [-0.1, -0.05) is 6.07 Å². The predicted molar refractivity (Wildman–Crippen MR) is 138 cm³/mol. The molecule has 0 saturated heterocycles. The van der Waals surface area contributed by atoms with Crippen molar-refractivity contribution in [3.8, 4) is 28.7 Å². The van der Waals surface area contributed by atoms with E-state index < -0.39 is 5.41 Å². The van der Waals surface area contributed by atoms with E-state index in [1.807, 2.05) is 25.1 Å². The minimum atomic E-state index is -0.562. The zero-order chi connectivity index (χ0) is 26.0. The molecule has 37 heavy (non-hydrogen) atoms. The maximum absolute atomic E-state index is 13.0. The number of rotatable bonds is 6. The summed E-state index contributed by atoms with van der Waals surface area (Å²) < 4.78 is 0. The van der Waals surface area contributed by atoms with Crippen molar-refractivity contribution in [2.45, 2.75) is 25.2 Å². The molecule has 1 saturated carbocycles. The van der Waals surface area contributed by atoms with E-state index >= 15 is 0 Å². The molecule has 1 fully saturated rings. The molecule has 0 aliphatic heterocycles. The lowest BCUT2D eigenvalue weighted by Gasteiger charge is -2.12. The van der Waals surface area contributed by atoms with Crippen molar-refractivity contribution in [3.63, 3.8) is 0 Å². The summed E-state index contributed by atoms with van der Waals surface area (Å²) in [4.78, 5) is 42.5. The average molecular weight is 490 g/mol. The highest BCUT2D eigenvalue weighted by Crippen LogP contribution is 2.46. The van der Waals surface area contributed by atoms with Gasteiger partial charge < -0.3 is 10.6 Å². The summed E-state index contributed by atoms with van der Waals surface area (Å²) in [6.45, 7) is 1.96. The second-order valence-corrected chi connectivity index (χ2v) is 8.88. The van der Waals surface area contributed by atoms with Gasteiger partial charge in [-0.3, -0.25) is 19.6 Å². The minimum Gasteiger partial charge on any atom is -0.354 e. The van der Waals surface area contributed by atoms with Crippen LogP contribution in [0.5, 0.6) is 0 Å². The number of benzene rings is 1. The highest BCUT2D eigenvalue weighted by molar-refractivity contribution is 6.04. The first-order valence-electron chi connectivity index (χ1n) is 11.7. The van der Waals surface area contributed by atoms with Crippen LogP contribution in [0.3, 0.4) is 0 Å². The molecule has 0 radical (unpaired) electrons. The van der Waals surface area contributed by atoms with Crippen molar-refractivity contribution < 1.29 is 9.59 Å². The Labute approximate surface area is 213 Å². The first-order valence-corrected chi connectivity index (χ1v) is 11.7. The van der Waals surface area contributed by atoms with E-state index in [4.69, 9.17) is 4.98 Å². The molecule has 3 heterocycles. The molecule has 9 nitrogen and oxygen atoms in total. The second kappa shape index (κ2) is 9.59. The van der Waals surface area contributed by atoms with Crippen molar-refractivity contribution in [3.05, 3.63) is 89.6 Å². The lowest BCUT2D eigenvalue weighted by atomic mass is 10.0. The van der Waals surface area contributed by atoms with Crippen LogP contribution in [-0.2, 0) is 5.41 Å². The molecule has 3 aromatic heterocycles. The van der Waals surface area contributed by atoms with Gasteiger partial charge in [0, 0.05) is 48.0 Å². The number of nitrogens with zero attached hydrogens (tertiary/aromatic N) is 5. The lowest BCUT2D eigenvalue weighted by Crippen LogP contribution is -2.19. The van der Waals surface area contributed by atoms with E-state index in [2.05, 4.69) is 31.7 Å². The van der Waals surface area contributed by atoms with Gasteiger partial charge >= 0.3 is 0 Å². The molecule has 1 aliphatic carbocycles. The number of nitrogens with one attached hydrogen (secondary N) is 2. The van der Waals surface area contributed by atoms with Crippen molar-refractivity contribution >= 4 is 17.5 Å². The van der Waals surface area contributed by atoms with Crippen LogP contribution in [0.25, 0.3) is 22.6 Å². The molecule has 5 rings (SSSR count). The third-order valence-electron chi connectivity index (χ3n) is 6.38. The summed E-state index contributed by atoms with van der Waals surface area (Å²) in [6, 6.07) is 16.4. The molecule has 0 bridgehead atoms. The van der Waals surface area contributed by atoms with E-state index in [1.165, 1.54) is 0 Å². The third-order valence-corrected chi connectivity index (χ3v) is 6.38. The molecule has 0 spiro atoms. The largest absolute Gasteiger partial charge is 0.354 e. The molecule has 0 unspecified atom stereocenters. The average Bonchev–Trinajstić information content (AvgIpc) is 3.75. The number of carbonyl (C=O) groups is 2. The second-order valence-electron chi connectivity index (χ2n) is 8.88. The highest BCUT2D eigenvalue weighted by Gasteiger charge is 2.46. The highest BCUT2D eigenvalue weighted by atomic mass is 16.2. The van der Waals surface area contributed by atoms with Gasteiger partial charge in [0.25, 0.3) is 11.8 Å². The Morgan fingerprint density at radius 3 is 2.49 bits per heavy atom. The fourth-order valence-corrected chi connectivity index (χ4v) is 4.03. The van der Waals surface area contributed by atoms with E-state index in [0.29, 0.717) is 34.0 Å². The van der Waals surface area contributed by atoms with Crippen LogP contribution in [-0.4, -0.2) is 38.8 Å². The van der Waals surface area contributed by atoms with E-state index in [1.54, 1.807) is 56.0 Å². The number of hydrogen-bond acceptors (Lipinski definition) is 7. The number of anilines is 1. The maximum Gasteiger partial charge on any atom is 0.269 e. The Bertz CT molecular complexity index is 1570. The van der Waals surface area contributed by atoms with Crippen LogP contribution >= 0.6 is 0 Å². The Hall–Kier alpha value is -4.97. The summed E-state index contributed by atoms with van der Waals surface area (Å²) in [6.07, 6.45) is 6.29. The molecule has 1 aromatic carbocycles. The molecule has 2 amide bonds.